The summed E-state index contributed by atoms with van der Waals surface area (Å²) in [4.78, 5) is 28.3. The SMILES string of the molecule is O=C(C[C@H]1NC(=NCc2ccco2)NC1=O)Nc1ccc(Cl)cc1Cl. The molecule has 2 heterocycles. The van der Waals surface area contributed by atoms with Crippen molar-refractivity contribution in [3.63, 3.8) is 0 Å². The van der Waals surface area contributed by atoms with Crippen LogP contribution in [0.25, 0.3) is 0 Å². The van der Waals surface area contributed by atoms with Gasteiger partial charge in [-0.15, -0.1) is 0 Å². The van der Waals surface area contributed by atoms with Crippen molar-refractivity contribution in [2.24, 2.45) is 4.99 Å². The third kappa shape index (κ3) is 4.52. The fourth-order valence-electron chi connectivity index (χ4n) is 2.24. The number of carbonyl (C=O) groups is 2. The van der Waals surface area contributed by atoms with Crippen molar-refractivity contribution in [1.82, 2.24) is 10.6 Å². The predicted molar refractivity (Wildman–Crippen MR) is 94.6 cm³/mol. The van der Waals surface area contributed by atoms with Crippen molar-refractivity contribution in [2.75, 3.05) is 5.32 Å². The van der Waals surface area contributed by atoms with Crippen LogP contribution in [0, 0.1) is 0 Å². The van der Waals surface area contributed by atoms with Crippen LogP contribution in [0.4, 0.5) is 5.69 Å². The van der Waals surface area contributed by atoms with E-state index in [1.54, 1.807) is 30.5 Å². The van der Waals surface area contributed by atoms with Gasteiger partial charge in [0.25, 0.3) is 0 Å². The molecule has 3 N–H and O–H groups in total. The quantitative estimate of drug-likeness (QED) is 0.742. The molecule has 0 unspecified atom stereocenters. The second kappa shape index (κ2) is 7.58. The number of halogens is 2. The summed E-state index contributed by atoms with van der Waals surface area (Å²) < 4.78 is 5.16. The topological polar surface area (TPSA) is 95.7 Å². The summed E-state index contributed by atoms with van der Waals surface area (Å²) in [7, 11) is 0. The molecule has 0 aliphatic carbocycles. The van der Waals surface area contributed by atoms with Crippen LogP contribution in [-0.4, -0.2) is 23.8 Å². The Morgan fingerprint density at radius 1 is 1.32 bits per heavy atom. The molecule has 0 bridgehead atoms. The van der Waals surface area contributed by atoms with Gasteiger partial charge in [-0.2, -0.15) is 0 Å². The molecule has 1 aromatic heterocycles. The lowest BCUT2D eigenvalue weighted by atomic mass is 10.2. The first-order valence-electron chi connectivity index (χ1n) is 7.40. The number of carbonyl (C=O) groups excluding carboxylic acids is 2. The van der Waals surface area contributed by atoms with Crippen LogP contribution >= 0.6 is 23.2 Å². The van der Waals surface area contributed by atoms with Gasteiger partial charge in [-0.3, -0.25) is 14.9 Å². The molecule has 2 amide bonds. The molecule has 25 heavy (non-hydrogen) atoms. The van der Waals surface area contributed by atoms with E-state index in [0.29, 0.717) is 27.5 Å². The number of furan rings is 1. The number of nitrogens with one attached hydrogen (secondary N) is 3. The second-order valence-corrected chi connectivity index (χ2v) is 6.15. The molecule has 0 spiro atoms. The first-order chi connectivity index (χ1) is 12.0. The van der Waals surface area contributed by atoms with E-state index < -0.39 is 6.04 Å². The minimum atomic E-state index is -0.707. The maximum Gasteiger partial charge on any atom is 0.249 e. The van der Waals surface area contributed by atoms with Crippen molar-refractivity contribution in [3.05, 3.63) is 52.4 Å². The highest BCUT2D eigenvalue weighted by Crippen LogP contribution is 2.25. The maximum absolute atomic E-state index is 12.1. The Kier molecular flexibility index (Phi) is 5.25. The summed E-state index contributed by atoms with van der Waals surface area (Å²) in [5.74, 6) is 0.297. The maximum atomic E-state index is 12.1. The normalized spacial score (nSPS) is 18.1. The van der Waals surface area contributed by atoms with E-state index in [1.165, 1.54) is 6.07 Å². The van der Waals surface area contributed by atoms with Crippen molar-refractivity contribution < 1.29 is 14.0 Å². The summed E-state index contributed by atoms with van der Waals surface area (Å²) in [5, 5.41) is 8.91. The van der Waals surface area contributed by atoms with E-state index in [2.05, 4.69) is 20.9 Å². The van der Waals surface area contributed by atoms with Crippen LogP contribution in [-0.2, 0) is 16.1 Å². The van der Waals surface area contributed by atoms with Gasteiger partial charge in [-0.1, -0.05) is 23.2 Å². The van der Waals surface area contributed by atoms with E-state index in [-0.39, 0.29) is 24.8 Å². The Balaban J connectivity index is 1.56. The smallest absolute Gasteiger partial charge is 0.249 e. The second-order valence-electron chi connectivity index (χ2n) is 5.31. The fraction of sp³-hybridized carbons (Fsp3) is 0.188. The van der Waals surface area contributed by atoms with Gasteiger partial charge in [0.2, 0.25) is 11.8 Å². The number of hydrogen-bond acceptors (Lipinski definition) is 4. The molecule has 7 nitrogen and oxygen atoms in total. The predicted octanol–water partition coefficient (Wildman–Crippen LogP) is 2.56. The number of anilines is 1. The zero-order chi connectivity index (χ0) is 17.8. The number of amides is 2. The first kappa shape index (κ1) is 17.3. The largest absolute Gasteiger partial charge is 0.467 e. The summed E-state index contributed by atoms with van der Waals surface area (Å²) in [6, 6.07) is 7.57. The highest BCUT2D eigenvalue weighted by Gasteiger charge is 2.30. The lowest BCUT2D eigenvalue weighted by Crippen LogP contribution is -2.33. The van der Waals surface area contributed by atoms with E-state index >= 15 is 0 Å². The van der Waals surface area contributed by atoms with Gasteiger partial charge < -0.3 is 15.1 Å². The molecule has 1 aromatic carbocycles. The summed E-state index contributed by atoms with van der Waals surface area (Å²) in [6.07, 6.45) is 1.48. The van der Waals surface area contributed by atoms with Crippen molar-refractivity contribution in [1.29, 1.82) is 0 Å². The minimum absolute atomic E-state index is 0.0649. The molecular formula is C16H14Cl2N4O3. The van der Waals surface area contributed by atoms with Gasteiger partial charge in [-0.05, 0) is 30.3 Å². The van der Waals surface area contributed by atoms with Crippen molar-refractivity contribution >= 4 is 46.7 Å². The number of rotatable bonds is 5. The molecular weight excluding hydrogens is 367 g/mol. The lowest BCUT2D eigenvalue weighted by molar-refractivity contribution is -0.124. The number of benzene rings is 1. The average molecular weight is 381 g/mol. The van der Waals surface area contributed by atoms with Gasteiger partial charge in [0.15, 0.2) is 5.96 Å². The van der Waals surface area contributed by atoms with Crippen LogP contribution in [0.5, 0.6) is 0 Å². The van der Waals surface area contributed by atoms with E-state index in [9.17, 15) is 9.59 Å². The van der Waals surface area contributed by atoms with Crippen LogP contribution < -0.4 is 16.0 Å². The Labute approximate surface area is 153 Å². The minimum Gasteiger partial charge on any atom is -0.467 e. The summed E-state index contributed by atoms with van der Waals surface area (Å²) in [6.45, 7) is 0.287. The van der Waals surface area contributed by atoms with E-state index in [0.717, 1.165) is 0 Å². The number of aliphatic imine (C=N–C) groups is 1. The number of nitrogens with zero attached hydrogens (tertiary/aromatic N) is 1. The molecule has 130 valence electrons. The molecule has 3 rings (SSSR count). The molecule has 1 fully saturated rings. The van der Waals surface area contributed by atoms with Gasteiger partial charge in [-0.25, -0.2) is 4.99 Å². The Morgan fingerprint density at radius 3 is 2.88 bits per heavy atom. The zero-order valence-electron chi connectivity index (χ0n) is 12.9. The number of guanidine groups is 1. The Hall–Kier alpha value is -2.51. The van der Waals surface area contributed by atoms with Gasteiger partial charge in [0.05, 0.1) is 23.4 Å². The summed E-state index contributed by atoms with van der Waals surface area (Å²) >= 11 is 11.8. The van der Waals surface area contributed by atoms with Gasteiger partial charge in [0, 0.05) is 5.02 Å². The third-order valence-electron chi connectivity index (χ3n) is 3.44. The lowest BCUT2D eigenvalue weighted by Gasteiger charge is -2.10. The third-order valence-corrected chi connectivity index (χ3v) is 3.98. The average Bonchev–Trinajstić information content (AvgIpc) is 3.18. The van der Waals surface area contributed by atoms with Crippen LogP contribution in [0.2, 0.25) is 10.0 Å². The molecule has 1 atom stereocenters. The highest BCUT2D eigenvalue weighted by atomic mass is 35.5. The molecule has 0 radical (unpaired) electrons. The standard InChI is InChI=1S/C16H14Cl2N4O3/c17-9-3-4-12(11(18)6-9)20-14(23)7-13-15(24)22-16(21-13)19-8-10-2-1-5-25-10/h1-6,13H,7-8H2,(H,20,23)(H2,19,21,22,24)/t13-/m1/s1. The van der Waals surface area contributed by atoms with Crippen LogP contribution in [0.3, 0.4) is 0 Å². The van der Waals surface area contributed by atoms with Gasteiger partial charge >= 0.3 is 0 Å². The molecule has 1 aliphatic rings. The number of hydrogen-bond donors (Lipinski definition) is 3. The van der Waals surface area contributed by atoms with Gasteiger partial charge in [0.1, 0.15) is 18.3 Å². The molecule has 9 heteroatoms. The Morgan fingerprint density at radius 2 is 2.16 bits per heavy atom. The first-order valence-corrected chi connectivity index (χ1v) is 8.16. The van der Waals surface area contributed by atoms with E-state index in [1.807, 2.05) is 0 Å². The van der Waals surface area contributed by atoms with Crippen molar-refractivity contribution in [3.8, 4) is 0 Å². The van der Waals surface area contributed by atoms with Crippen LogP contribution in [0.15, 0.2) is 46.0 Å². The van der Waals surface area contributed by atoms with Crippen molar-refractivity contribution in [2.45, 2.75) is 19.0 Å². The molecule has 1 saturated heterocycles. The van der Waals surface area contributed by atoms with Crippen LogP contribution in [0.1, 0.15) is 12.2 Å². The highest BCUT2D eigenvalue weighted by molar-refractivity contribution is 6.36. The Bertz CT molecular complexity index is 821. The summed E-state index contributed by atoms with van der Waals surface area (Å²) in [5.41, 5.74) is 0.432. The molecule has 0 saturated carbocycles. The van der Waals surface area contributed by atoms with E-state index in [4.69, 9.17) is 27.6 Å². The molecule has 2 aromatic rings. The fourth-order valence-corrected chi connectivity index (χ4v) is 2.69. The monoisotopic (exact) mass is 380 g/mol. The zero-order valence-corrected chi connectivity index (χ0v) is 14.4. The molecule has 1 aliphatic heterocycles.